The summed E-state index contributed by atoms with van der Waals surface area (Å²) in [5.41, 5.74) is 0.815. The van der Waals surface area contributed by atoms with Crippen molar-refractivity contribution in [2.75, 3.05) is 25.9 Å². The van der Waals surface area contributed by atoms with E-state index >= 15 is 0 Å². The number of sulfonamides is 1. The van der Waals surface area contributed by atoms with E-state index in [9.17, 15) is 13.2 Å². The van der Waals surface area contributed by atoms with Crippen LogP contribution in [0, 0.1) is 6.92 Å². The number of carbonyl (C=O) groups is 1. The Morgan fingerprint density at radius 1 is 1.13 bits per heavy atom. The average molecular weight is 338 g/mol. The summed E-state index contributed by atoms with van der Waals surface area (Å²) in [6.45, 7) is 3.53. The van der Waals surface area contributed by atoms with Gasteiger partial charge in [-0.05, 0) is 32.6 Å². The molecule has 8 heteroatoms. The first kappa shape index (κ1) is 16.3. The monoisotopic (exact) mass is 338 g/mol. The summed E-state index contributed by atoms with van der Waals surface area (Å²) in [5.74, 6) is -0.128. The number of hydrogen-bond acceptors (Lipinski definition) is 5. The third kappa shape index (κ3) is 3.10. The van der Waals surface area contributed by atoms with Gasteiger partial charge < -0.3 is 4.90 Å². The second-order valence-electron chi connectivity index (χ2n) is 6.50. The molecule has 7 nitrogen and oxygen atoms in total. The van der Waals surface area contributed by atoms with Gasteiger partial charge in [0, 0.05) is 31.4 Å². The van der Waals surface area contributed by atoms with E-state index in [1.807, 2.05) is 6.92 Å². The van der Waals surface area contributed by atoms with Crippen molar-refractivity contribution < 1.29 is 13.2 Å². The van der Waals surface area contributed by atoms with Crippen LogP contribution in [0.15, 0.2) is 12.4 Å². The largest absolute Gasteiger partial charge is 0.337 e. The third-order valence-electron chi connectivity index (χ3n) is 4.91. The minimum absolute atomic E-state index is 0.128. The van der Waals surface area contributed by atoms with Crippen molar-refractivity contribution in [3.8, 4) is 0 Å². The van der Waals surface area contributed by atoms with Gasteiger partial charge in [0.1, 0.15) is 5.69 Å². The van der Waals surface area contributed by atoms with E-state index in [0.29, 0.717) is 38.2 Å². The molecule has 0 atom stereocenters. The molecule has 0 bridgehead atoms. The summed E-state index contributed by atoms with van der Waals surface area (Å²) < 4.78 is 25.7. The summed E-state index contributed by atoms with van der Waals surface area (Å²) in [7, 11) is -3.20. The highest BCUT2D eigenvalue weighted by Gasteiger charge is 2.47. The third-order valence-corrected chi connectivity index (χ3v) is 6.28. The van der Waals surface area contributed by atoms with Gasteiger partial charge in [0.05, 0.1) is 18.1 Å². The van der Waals surface area contributed by atoms with Crippen LogP contribution in [-0.4, -0.2) is 64.9 Å². The molecule has 0 unspecified atom stereocenters. The molecule has 0 radical (unpaired) electrons. The number of nitrogens with zero attached hydrogens (tertiary/aromatic N) is 4. The van der Waals surface area contributed by atoms with Crippen LogP contribution in [0.2, 0.25) is 0 Å². The fourth-order valence-electron chi connectivity index (χ4n) is 3.72. The van der Waals surface area contributed by atoms with Crippen LogP contribution in [0.3, 0.4) is 0 Å². The van der Waals surface area contributed by atoms with Gasteiger partial charge in [0.2, 0.25) is 10.0 Å². The van der Waals surface area contributed by atoms with Crippen molar-refractivity contribution in [1.29, 1.82) is 0 Å². The first-order valence-electron chi connectivity index (χ1n) is 7.88. The van der Waals surface area contributed by atoms with Gasteiger partial charge in [-0.1, -0.05) is 0 Å². The van der Waals surface area contributed by atoms with Gasteiger partial charge in [0.25, 0.3) is 5.91 Å². The minimum Gasteiger partial charge on any atom is -0.337 e. The summed E-state index contributed by atoms with van der Waals surface area (Å²) in [4.78, 5) is 22.5. The molecule has 0 aromatic carbocycles. The van der Waals surface area contributed by atoms with Gasteiger partial charge in [-0.15, -0.1) is 0 Å². The second kappa shape index (κ2) is 5.83. The Balaban J connectivity index is 1.71. The minimum atomic E-state index is -3.20. The highest BCUT2D eigenvalue weighted by atomic mass is 32.2. The van der Waals surface area contributed by atoms with Gasteiger partial charge in [0.15, 0.2) is 0 Å². The number of aryl methyl sites for hydroxylation is 1. The molecule has 0 N–H and O–H groups in total. The zero-order chi connectivity index (χ0) is 16.7. The molecule has 0 saturated carbocycles. The van der Waals surface area contributed by atoms with Crippen LogP contribution >= 0.6 is 0 Å². The van der Waals surface area contributed by atoms with Crippen LogP contribution in [-0.2, 0) is 10.0 Å². The number of hydrogen-bond donors (Lipinski definition) is 0. The fraction of sp³-hybridized carbons (Fsp3) is 0.667. The molecule has 2 saturated heterocycles. The van der Waals surface area contributed by atoms with Crippen molar-refractivity contribution in [2.24, 2.45) is 0 Å². The van der Waals surface area contributed by atoms with Crippen LogP contribution in [0.25, 0.3) is 0 Å². The lowest BCUT2D eigenvalue weighted by molar-refractivity contribution is 0.0581. The Labute approximate surface area is 136 Å². The maximum absolute atomic E-state index is 12.5. The second-order valence-corrected chi connectivity index (χ2v) is 8.41. The van der Waals surface area contributed by atoms with E-state index in [1.54, 1.807) is 15.4 Å². The SMILES string of the molecule is Cc1cnc(C(=O)N2CCC3(CCCN3S(C)(=O)=O)CC2)cn1. The van der Waals surface area contributed by atoms with Crippen LogP contribution in [0.5, 0.6) is 0 Å². The van der Waals surface area contributed by atoms with E-state index < -0.39 is 10.0 Å². The molecule has 2 fully saturated rings. The molecule has 0 aliphatic carbocycles. The van der Waals surface area contributed by atoms with E-state index in [4.69, 9.17) is 0 Å². The highest BCUT2D eigenvalue weighted by molar-refractivity contribution is 7.88. The molecule has 1 aromatic rings. The van der Waals surface area contributed by atoms with Gasteiger partial charge in [-0.25, -0.2) is 13.4 Å². The Hall–Kier alpha value is -1.54. The predicted molar refractivity (Wildman–Crippen MR) is 85.4 cm³/mol. The van der Waals surface area contributed by atoms with E-state index in [0.717, 1.165) is 18.5 Å². The van der Waals surface area contributed by atoms with Gasteiger partial charge in [-0.3, -0.25) is 9.78 Å². The van der Waals surface area contributed by atoms with Gasteiger partial charge >= 0.3 is 0 Å². The first-order chi connectivity index (χ1) is 10.8. The van der Waals surface area contributed by atoms with Crippen LogP contribution in [0.1, 0.15) is 41.9 Å². The topological polar surface area (TPSA) is 83.5 Å². The van der Waals surface area contributed by atoms with Crippen molar-refractivity contribution in [3.63, 3.8) is 0 Å². The zero-order valence-corrected chi connectivity index (χ0v) is 14.3. The Bertz CT molecular complexity index is 694. The quantitative estimate of drug-likeness (QED) is 0.797. The Kier molecular flexibility index (Phi) is 4.14. The Morgan fingerprint density at radius 3 is 2.39 bits per heavy atom. The molecule has 1 aromatic heterocycles. The first-order valence-corrected chi connectivity index (χ1v) is 9.72. The standard InChI is InChI=1S/C15H22N4O3S/c1-12-10-17-13(11-16-12)14(20)18-8-5-15(6-9-18)4-3-7-19(15)23(2,21)22/h10-11H,3-9H2,1-2H3. The number of carbonyl (C=O) groups excluding carboxylic acids is 1. The lowest BCUT2D eigenvalue weighted by atomic mass is 9.86. The average Bonchev–Trinajstić information content (AvgIpc) is 2.92. The maximum atomic E-state index is 12.5. The lowest BCUT2D eigenvalue weighted by Gasteiger charge is -2.43. The van der Waals surface area contributed by atoms with Crippen molar-refractivity contribution in [2.45, 2.75) is 38.1 Å². The van der Waals surface area contributed by atoms with Crippen molar-refractivity contribution >= 4 is 15.9 Å². The number of amides is 1. The predicted octanol–water partition coefficient (Wildman–Crippen LogP) is 0.815. The molecule has 1 amide bonds. The smallest absolute Gasteiger partial charge is 0.274 e. The van der Waals surface area contributed by atoms with Crippen LogP contribution < -0.4 is 0 Å². The number of piperidine rings is 1. The zero-order valence-electron chi connectivity index (χ0n) is 13.5. The molecule has 23 heavy (non-hydrogen) atoms. The molecule has 2 aliphatic heterocycles. The molecular weight excluding hydrogens is 316 g/mol. The molecule has 3 rings (SSSR count). The Morgan fingerprint density at radius 2 is 1.83 bits per heavy atom. The lowest BCUT2D eigenvalue weighted by Crippen LogP contribution is -2.54. The fourth-order valence-corrected chi connectivity index (χ4v) is 5.16. The molecule has 3 heterocycles. The van der Waals surface area contributed by atoms with Crippen LogP contribution in [0.4, 0.5) is 0 Å². The molecule has 1 spiro atoms. The summed E-state index contributed by atoms with van der Waals surface area (Å²) in [6, 6.07) is 0. The number of likely N-dealkylation sites (tertiary alicyclic amines) is 1. The summed E-state index contributed by atoms with van der Waals surface area (Å²) in [5, 5.41) is 0. The van der Waals surface area contributed by atoms with E-state index in [-0.39, 0.29) is 11.4 Å². The molecule has 126 valence electrons. The summed E-state index contributed by atoms with van der Waals surface area (Å²) in [6.07, 6.45) is 7.51. The number of rotatable bonds is 2. The van der Waals surface area contributed by atoms with Crippen molar-refractivity contribution in [3.05, 3.63) is 23.8 Å². The highest BCUT2D eigenvalue weighted by Crippen LogP contribution is 2.40. The number of aromatic nitrogens is 2. The molecule has 2 aliphatic rings. The summed E-state index contributed by atoms with van der Waals surface area (Å²) >= 11 is 0. The maximum Gasteiger partial charge on any atom is 0.274 e. The van der Waals surface area contributed by atoms with E-state index in [1.165, 1.54) is 12.5 Å². The van der Waals surface area contributed by atoms with Crippen molar-refractivity contribution in [1.82, 2.24) is 19.2 Å². The molecular formula is C15H22N4O3S. The van der Waals surface area contributed by atoms with Gasteiger partial charge in [-0.2, -0.15) is 4.31 Å². The normalized spacial score (nSPS) is 21.7. The van der Waals surface area contributed by atoms with E-state index in [2.05, 4.69) is 9.97 Å².